The third kappa shape index (κ3) is 4.14. The molecule has 2 aromatic heterocycles. The molecule has 0 fully saturated rings. The summed E-state index contributed by atoms with van der Waals surface area (Å²) >= 11 is 0.722. The Bertz CT molecular complexity index is 1090. The van der Waals surface area contributed by atoms with E-state index in [0.717, 1.165) is 35.6 Å². The number of rotatable bonds is 3. The van der Waals surface area contributed by atoms with Crippen molar-refractivity contribution in [3.63, 3.8) is 0 Å². The molecule has 0 aliphatic heterocycles. The Labute approximate surface area is 164 Å². The summed E-state index contributed by atoms with van der Waals surface area (Å²) < 4.78 is 78.9. The topological polar surface area (TPSA) is 54.0 Å². The number of thiophene rings is 1. The molecule has 0 atom stereocenters. The van der Waals surface area contributed by atoms with Crippen LogP contribution in [0.1, 0.15) is 26.5 Å². The number of benzene rings is 1. The van der Waals surface area contributed by atoms with Gasteiger partial charge in [0.15, 0.2) is 0 Å². The lowest BCUT2D eigenvalue weighted by Crippen LogP contribution is -2.13. The van der Waals surface area contributed by atoms with Crippen LogP contribution in [0.15, 0.2) is 30.3 Å². The highest BCUT2D eigenvalue weighted by atomic mass is 32.1. The fraction of sp³-hybridized carbons (Fsp3) is 0.222. The molecule has 11 heteroatoms. The van der Waals surface area contributed by atoms with Gasteiger partial charge in [0, 0.05) is 23.8 Å². The number of carbonyl (C=O) groups excluding carboxylic acids is 1. The quantitative estimate of drug-likeness (QED) is 0.503. The van der Waals surface area contributed by atoms with Crippen molar-refractivity contribution in [1.29, 1.82) is 0 Å². The van der Waals surface area contributed by atoms with Crippen LogP contribution in [0, 0.1) is 6.92 Å². The van der Waals surface area contributed by atoms with Crippen LogP contribution in [0.25, 0.3) is 10.2 Å². The second-order valence-electron chi connectivity index (χ2n) is 6.08. The number of halogens is 6. The van der Waals surface area contributed by atoms with Crippen LogP contribution in [-0.4, -0.2) is 17.9 Å². The van der Waals surface area contributed by atoms with E-state index in [1.165, 1.54) is 20.0 Å². The van der Waals surface area contributed by atoms with Crippen molar-refractivity contribution in [1.82, 2.24) is 4.98 Å². The highest BCUT2D eigenvalue weighted by Gasteiger charge is 2.36. The Hall–Kier alpha value is -2.82. The Kier molecular flexibility index (Phi) is 5.20. The minimum absolute atomic E-state index is 0.00383. The van der Waals surface area contributed by atoms with Gasteiger partial charge in [-0.1, -0.05) is 6.07 Å². The molecule has 29 heavy (non-hydrogen) atoms. The summed E-state index contributed by atoms with van der Waals surface area (Å²) in [5.74, 6) is -0.845. The molecule has 2 heterocycles. The molecule has 0 radical (unpaired) electrons. The average Bonchev–Trinajstić information content (AvgIpc) is 2.98. The Morgan fingerprint density at radius 1 is 1.07 bits per heavy atom. The van der Waals surface area contributed by atoms with Crippen molar-refractivity contribution in [3.05, 3.63) is 52.0 Å². The molecule has 0 spiro atoms. The maximum Gasteiger partial charge on any atom is 0.417 e. The summed E-state index contributed by atoms with van der Waals surface area (Å²) in [7, 11) is 1.35. The minimum atomic E-state index is -4.67. The van der Waals surface area contributed by atoms with Gasteiger partial charge < -0.3 is 10.6 Å². The molecule has 4 nitrogen and oxygen atoms in total. The van der Waals surface area contributed by atoms with Gasteiger partial charge in [0.2, 0.25) is 0 Å². The summed E-state index contributed by atoms with van der Waals surface area (Å²) in [5, 5.41) is 4.62. The molecule has 154 valence electrons. The summed E-state index contributed by atoms with van der Waals surface area (Å²) in [6.07, 6.45) is -9.27. The van der Waals surface area contributed by atoms with Gasteiger partial charge in [-0.25, -0.2) is 4.98 Å². The van der Waals surface area contributed by atoms with Gasteiger partial charge in [-0.3, -0.25) is 4.79 Å². The molecule has 2 N–H and O–H groups in total. The van der Waals surface area contributed by atoms with Gasteiger partial charge in [-0.05, 0) is 31.2 Å². The molecule has 0 bridgehead atoms. The number of amides is 1. The number of carbonyl (C=O) groups is 1. The molecule has 3 rings (SSSR count). The predicted molar refractivity (Wildman–Crippen MR) is 98.3 cm³/mol. The van der Waals surface area contributed by atoms with E-state index in [9.17, 15) is 31.1 Å². The third-order valence-electron chi connectivity index (χ3n) is 4.00. The first-order valence-electron chi connectivity index (χ1n) is 8.09. The van der Waals surface area contributed by atoms with Crippen molar-refractivity contribution in [2.75, 3.05) is 17.7 Å². The van der Waals surface area contributed by atoms with Crippen LogP contribution in [-0.2, 0) is 12.4 Å². The fourth-order valence-electron chi connectivity index (χ4n) is 2.80. The van der Waals surface area contributed by atoms with Crippen LogP contribution in [0.2, 0.25) is 0 Å². The lowest BCUT2D eigenvalue weighted by molar-refractivity contribution is -0.138. The average molecular weight is 433 g/mol. The molecule has 3 aromatic rings. The Morgan fingerprint density at radius 3 is 2.34 bits per heavy atom. The summed E-state index contributed by atoms with van der Waals surface area (Å²) in [5.41, 5.74) is -2.01. The number of pyridine rings is 1. The molecule has 0 unspecified atom stereocenters. The van der Waals surface area contributed by atoms with E-state index in [1.807, 2.05) is 0 Å². The van der Waals surface area contributed by atoms with Gasteiger partial charge >= 0.3 is 12.4 Å². The lowest BCUT2D eigenvalue weighted by atomic mass is 10.1. The van der Waals surface area contributed by atoms with E-state index in [1.54, 1.807) is 0 Å². The predicted octanol–water partition coefficient (Wildman–Crippen LogP) is 5.94. The second kappa shape index (κ2) is 7.21. The fourth-order valence-corrected chi connectivity index (χ4v) is 3.95. The standard InChI is InChI=1S/C18H13F6N3OS/c1-8-6-11(18(22,23)24)12-13(25-2)14(29-16(12)26-8)15(28)27-10-5-3-4-9(7-10)17(19,20)21/h3-7,25H,1-2H3,(H,27,28). The number of hydrogen-bond acceptors (Lipinski definition) is 4. The van der Waals surface area contributed by atoms with E-state index in [2.05, 4.69) is 15.6 Å². The Balaban J connectivity index is 2.07. The van der Waals surface area contributed by atoms with Crippen molar-refractivity contribution >= 4 is 38.8 Å². The smallest absolute Gasteiger partial charge is 0.386 e. The number of fused-ring (bicyclic) bond motifs is 1. The first-order chi connectivity index (χ1) is 13.4. The maximum atomic E-state index is 13.5. The summed E-state index contributed by atoms with van der Waals surface area (Å²) in [6, 6.07) is 4.84. The number of aromatic nitrogens is 1. The van der Waals surface area contributed by atoms with E-state index < -0.39 is 29.4 Å². The molecule has 0 saturated heterocycles. The zero-order valence-corrected chi connectivity index (χ0v) is 15.7. The van der Waals surface area contributed by atoms with Crippen LogP contribution >= 0.6 is 11.3 Å². The SMILES string of the molecule is CNc1c(C(=O)Nc2cccc(C(F)(F)F)c2)sc2nc(C)cc(C(F)(F)F)c12. The molecule has 1 amide bonds. The lowest BCUT2D eigenvalue weighted by Gasteiger charge is -2.12. The number of alkyl halides is 6. The monoisotopic (exact) mass is 433 g/mol. The normalized spacial score (nSPS) is 12.3. The van der Waals surface area contributed by atoms with Crippen molar-refractivity contribution in [2.45, 2.75) is 19.3 Å². The number of nitrogens with one attached hydrogen (secondary N) is 2. The molecule has 0 saturated carbocycles. The molecular formula is C18H13F6N3OS. The largest absolute Gasteiger partial charge is 0.417 e. The van der Waals surface area contributed by atoms with Crippen LogP contribution in [0.4, 0.5) is 37.7 Å². The van der Waals surface area contributed by atoms with E-state index in [-0.39, 0.29) is 32.2 Å². The van der Waals surface area contributed by atoms with Crippen molar-refractivity contribution in [2.24, 2.45) is 0 Å². The van der Waals surface area contributed by atoms with Crippen LogP contribution < -0.4 is 10.6 Å². The van der Waals surface area contributed by atoms with Gasteiger partial charge in [-0.2, -0.15) is 26.3 Å². The number of nitrogens with zero attached hydrogens (tertiary/aromatic N) is 1. The van der Waals surface area contributed by atoms with Crippen molar-refractivity contribution < 1.29 is 31.1 Å². The van der Waals surface area contributed by atoms with E-state index >= 15 is 0 Å². The highest BCUT2D eigenvalue weighted by Crippen LogP contribution is 2.43. The molecule has 1 aromatic carbocycles. The number of aryl methyl sites for hydroxylation is 1. The molecule has 0 aliphatic rings. The molecule has 0 aliphatic carbocycles. The maximum absolute atomic E-state index is 13.5. The minimum Gasteiger partial charge on any atom is -0.386 e. The first kappa shape index (κ1) is 20.9. The molecular weight excluding hydrogens is 420 g/mol. The number of hydrogen-bond donors (Lipinski definition) is 2. The van der Waals surface area contributed by atoms with Gasteiger partial charge in [-0.15, -0.1) is 11.3 Å². The Morgan fingerprint density at radius 2 is 1.76 bits per heavy atom. The first-order valence-corrected chi connectivity index (χ1v) is 8.91. The van der Waals surface area contributed by atoms with Gasteiger partial charge in [0.25, 0.3) is 5.91 Å². The summed E-state index contributed by atoms with van der Waals surface area (Å²) in [4.78, 5) is 16.6. The zero-order chi connectivity index (χ0) is 21.6. The van der Waals surface area contributed by atoms with Crippen molar-refractivity contribution in [3.8, 4) is 0 Å². The second-order valence-corrected chi connectivity index (χ2v) is 7.08. The number of anilines is 2. The van der Waals surface area contributed by atoms with Crippen LogP contribution in [0.3, 0.4) is 0 Å². The van der Waals surface area contributed by atoms with E-state index in [0.29, 0.717) is 0 Å². The highest BCUT2D eigenvalue weighted by molar-refractivity contribution is 7.21. The van der Waals surface area contributed by atoms with Crippen LogP contribution in [0.5, 0.6) is 0 Å². The zero-order valence-electron chi connectivity index (χ0n) is 14.9. The van der Waals surface area contributed by atoms with Gasteiger partial charge in [0.05, 0.1) is 16.8 Å². The summed E-state index contributed by atoms with van der Waals surface area (Å²) in [6.45, 7) is 1.40. The third-order valence-corrected chi connectivity index (χ3v) is 5.08. The van der Waals surface area contributed by atoms with Gasteiger partial charge in [0.1, 0.15) is 9.71 Å². The van der Waals surface area contributed by atoms with E-state index in [4.69, 9.17) is 0 Å².